The number of ether oxygens (including phenoxy) is 1. The number of benzene rings is 1. The number of carbonyl (C=O) groups is 2. The minimum atomic E-state index is -1.01. The van der Waals surface area contributed by atoms with Crippen molar-refractivity contribution in [1.82, 2.24) is 30.4 Å². The number of nitrogens with zero attached hydrogens (tertiary/aromatic N) is 5. The van der Waals surface area contributed by atoms with Crippen LogP contribution in [0.1, 0.15) is 35.1 Å². The first-order valence-corrected chi connectivity index (χ1v) is 13.2. The van der Waals surface area contributed by atoms with Gasteiger partial charge in [-0.2, -0.15) is 4.80 Å². The van der Waals surface area contributed by atoms with E-state index in [4.69, 9.17) is 9.15 Å². The van der Waals surface area contributed by atoms with E-state index in [1.54, 1.807) is 19.1 Å². The maximum absolute atomic E-state index is 13.8. The van der Waals surface area contributed by atoms with Gasteiger partial charge in [-0.25, -0.2) is 4.39 Å². The summed E-state index contributed by atoms with van der Waals surface area (Å²) in [6.45, 7) is 2.71. The molecular weight excluding hydrogens is 511 g/mol. The summed E-state index contributed by atoms with van der Waals surface area (Å²) in [6, 6.07) is 11.9. The topological polar surface area (TPSA) is 115 Å². The number of carbonyl (C=O) groups excluding carboxylic acids is 2. The van der Waals surface area contributed by atoms with Gasteiger partial charge < -0.3 is 19.4 Å². The maximum Gasteiger partial charge on any atom is 0.247 e. The number of hydrogen-bond donors (Lipinski definition) is 1. The van der Waals surface area contributed by atoms with E-state index in [0.29, 0.717) is 30.2 Å². The number of aromatic nitrogens is 4. The van der Waals surface area contributed by atoms with Crippen molar-refractivity contribution in [2.24, 2.45) is 0 Å². The number of hydrogen-bond acceptors (Lipinski definition) is 8. The minimum absolute atomic E-state index is 0.0720. The van der Waals surface area contributed by atoms with Crippen molar-refractivity contribution in [2.45, 2.75) is 45.0 Å². The van der Waals surface area contributed by atoms with Crippen molar-refractivity contribution < 1.29 is 23.1 Å². The van der Waals surface area contributed by atoms with Crippen LogP contribution in [0.25, 0.3) is 11.6 Å². The Morgan fingerprint density at radius 3 is 2.76 bits per heavy atom. The van der Waals surface area contributed by atoms with Gasteiger partial charge in [0.2, 0.25) is 17.6 Å². The molecule has 0 spiro atoms. The lowest BCUT2D eigenvalue weighted by Gasteiger charge is -2.31. The first-order valence-electron chi connectivity index (χ1n) is 12.3. The molecule has 4 heterocycles. The average Bonchev–Trinajstić information content (AvgIpc) is 3.72. The smallest absolute Gasteiger partial charge is 0.247 e. The van der Waals surface area contributed by atoms with Crippen molar-refractivity contribution in [1.29, 1.82) is 0 Å². The van der Waals surface area contributed by atoms with Gasteiger partial charge >= 0.3 is 0 Å². The molecule has 0 bridgehead atoms. The van der Waals surface area contributed by atoms with Crippen LogP contribution in [0.2, 0.25) is 0 Å². The normalized spacial score (nSPS) is 15.9. The number of thiophene rings is 1. The summed E-state index contributed by atoms with van der Waals surface area (Å²) in [4.78, 5) is 30.8. The van der Waals surface area contributed by atoms with E-state index < -0.39 is 17.8 Å². The van der Waals surface area contributed by atoms with Gasteiger partial charge in [-0.3, -0.25) is 9.59 Å². The molecule has 1 N–H and O–H groups in total. The van der Waals surface area contributed by atoms with E-state index in [9.17, 15) is 14.0 Å². The Morgan fingerprint density at radius 1 is 1.24 bits per heavy atom. The highest BCUT2D eigenvalue weighted by atomic mass is 32.1. The molecule has 38 heavy (non-hydrogen) atoms. The Bertz CT molecular complexity index is 1360. The van der Waals surface area contributed by atoms with Crippen molar-refractivity contribution >= 4 is 23.2 Å². The molecule has 198 valence electrons. The van der Waals surface area contributed by atoms with Crippen LogP contribution in [0.5, 0.6) is 0 Å². The number of furan rings is 1. The van der Waals surface area contributed by atoms with Crippen LogP contribution in [0.15, 0.2) is 58.3 Å². The first kappa shape index (κ1) is 25.7. The minimum Gasteiger partial charge on any atom is -0.458 e. The largest absolute Gasteiger partial charge is 0.458 e. The predicted molar refractivity (Wildman–Crippen MR) is 136 cm³/mol. The molecule has 0 saturated carbocycles. The predicted octanol–water partition coefficient (Wildman–Crippen LogP) is 3.51. The molecule has 2 atom stereocenters. The lowest BCUT2D eigenvalue weighted by Crippen LogP contribution is -2.46. The fraction of sp³-hybridized carbons (Fsp3) is 0.346. The van der Waals surface area contributed by atoms with Crippen LogP contribution < -0.4 is 5.32 Å². The second-order valence-electron chi connectivity index (χ2n) is 8.99. The van der Waals surface area contributed by atoms with Crippen LogP contribution in [0, 0.1) is 12.7 Å². The number of amides is 2. The molecule has 1 aliphatic heterocycles. The number of rotatable bonds is 10. The van der Waals surface area contributed by atoms with Gasteiger partial charge in [0.15, 0.2) is 5.76 Å². The van der Waals surface area contributed by atoms with Gasteiger partial charge in [-0.05, 0) is 66.3 Å². The molecule has 2 amide bonds. The highest BCUT2D eigenvalue weighted by molar-refractivity contribution is 7.09. The number of aryl methyl sites for hydroxylation is 1. The monoisotopic (exact) mass is 538 g/mol. The molecule has 2 unspecified atom stereocenters. The van der Waals surface area contributed by atoms with Crippen LogP contribution in [-0.2, 0) is 27.4 Å². The number of tetrazole rings is 1. The molecule has 3 aromatic heterocycles. The van der Waals surface area contributed by atoms with Crippen molar-refractivity contribution in [2.75, 3.05) is 13.2 Å². The summed E-state index contributed by atoms with van der Waals surface area (Å²) in [5, 5.41) is 17.1. The van der Waals surface area contributed by atoms with E-state index >= 15 is 0 Å². The van der Waals surface area contributed by atoms with Gasteiger partial charge in [0.1, 0.15) is 24.2 Å². The summed E-state index contributed by atoms with van der Waals surface area (Å²) in [7, 11) is 0. The lowest BCUT2D eigenvalue weighted by atomic mass is 10.0. The number of halogens is 1. The molecule has 0 radical (unpaired) electrons. The maximum atomic E-state index is 13.8. The molecule has 1 aromatic carbocycles. The molecule has 5 rings (SSSR count). The molecule has 1 saturated heterocycles. The van der Waals surface area contributed by atoms with E-state index in [1.807, 2.05) is 17.5 Å². The Morgan fingerprint density at radius 2 is 2.08 bits per heavy atom. The van der Waals surface area contributed by atoms with Gasteiger partial charge in [0, 0.05) is 18.0 Å². The molecule has 10 nitrogen and oxygen atoms in total. The lowest BCUT2D eigenvalue weighted by molar-refractivity contribution is -0.142. The highest BCUT2D eigenvalue weighted by Crippen LogP contribution is 2.26. The van der Waals surface area contributed by atoms with Crippen molar-refractivity contribution in [3.8, 4) is 11.6 Å². The average molecular weight is 539 g/mol. The fourth-order valence-corrected chi connectivity index (χ4v) is 5.01. The van der Waals surface area contributed by atoms with E-state index in [-0.39, 0.29) is 30.9 Å². The Kier molecular flexibility index (Phi) is 7.89. The molecule has 4 aromatic rings. The molecule has 0 aliphatic carbocycles. The second kappa shape index (κ2) is 11.7. The quantitative estimate of drug-likeness (QED) is 0.329. The Balaban J connectivity index is 1.42. The van der Waals surface area contributed by atoms with Gasteiger partial charge in [0.25, 0.3) is 0 Å². The standard InChI is InChI=1S/C26H27FN6O4S/c1-17-6-11-22(37-17)25-29-31-33(30-25)16-23(34)32(15-21-5-3-13-38-21)24(18-7-9-19(27)10-8-18)26(35)28-14-20-4-2-12-36-20/h3,5-11,13,20,24H,2,4,12,14-16H2,1H3,(H,28,35). The summed E-state index contributed by atoms with van der Waals surface area (Å²) >= 11 is 1.47. The van der Waals surface area contributed by atoms with E-state index in [0.717, 1.165) is 17.7 Å². The Labute approximate surface area is 222 Å². The summed E-state index contributed by atoms with van der Waals surface area (Å²) in [5.74, 6) is 0.172. The third kappa shape index (κ3) is 6.14. The zero-order valence-electron chi connectivity index (χ0n) is 20.7. The SMILES string of the molecule is Cc1ccc(-c2nnn(CC(=O)N(Cc3cccs3)C(C(=O)NCC3CCCO3)c3ccc(F)cc3)n2)o1. The van der Waals surface area contributed by atoms with Crippen LogP contribution in [0.4, 0.5) is 4.39 Å². The van der Waals surface area contributed by atoms with E-state index in [1.165, 1.54) is 45.3 Å². The first-order chi connectivity index (χ1) is 18.5. The molecule has 1 fully saturated rings. The van der Waals surface area contributed by atoms with Gasteiger partial charge in [-0.15, -0.1) is 21.5 Å². The van der Waals surface area contributed by atoms with Crippen LogP contribution >= 0.6 is 11.3 Å². The van der Waals surface area contributed by atoms with Crippen molar-refractivity contribution in [3.63, 3.8) is 0 Å². The third-order valence-electron chi connectivity index (χ3n) is 6.19. The summed E-state index contributed by atoms with van der Waals surface area (Å²) < 4.78 is 25.0. The molecule has 1 aliphatic rings. The molecule has 12 heteroatoms. The Hall–Kier alpha value is -3.90. The summed E-state index contributed by atoms with van der Waals surface area (Å²) in [5.41, 5.74) is 0.486. The fourth-order valence-electron chi connectivity index (χ4n) is 4.30. The highest BCUT2D eigenvalue weighted by Gasteiger charge is 2.33. The summed E-state index contributed by atoms with van der Waals surface area (Å²) in [6.07, 6.45) is 1.72. The zero-order valence-corrected chi connectivity index (χ0v) is 21.6. The van der Waals surface area contributed by atoms with Crippen molar-refractivity contribution in [3.05, 3.63) is 75.9 Å². The third-order valence-corrected chi connectivity index (χ3v) is 7.05. The van der Waals surface area contributed by atoms with Gasteiger partial charge in [-0.1, -0.05) is 18.2 Å². The van der Waals surface area contributed by atoms with E-state index in [2.05, 4.69) is 20.7 Å². The second-order valence-corrected chi connectivity index (χ2v) is 10.0. The molecular formula is C26H27FN6O4S. The number of nitrogens with one attached hydrogen (secondary N) is 1. The van der Waals surface area contributed by atoms with Crippen LogP contribution in [0.3, 0.4) is 0 Å². The van der Waals surface area contributed by atoms with Gasteiger partial charge in [0.05, 0.1) is 12.6 Å². The zero-order chi connectivity index (χ0) is 26.5. The van der Waals surface area contributed by atoms with Crippen LogP contribution in [-0.4, -0.2) is 56.2 Å².